The Hall–Kier alpha value is -1.09. The lowest BCUT2D eigenvalue weighted by Crippen LogP contribution is -2.47. The molecule has 0 spiro atoms. The van der Waals surface area contributed by atoms with E-state index in [1.807, 2.05) is 0 Å². The summed E-state index contributed by atoms with van der Waals surface area (Å²) in [5.41, 5.74) is 3.86. The molecule has 2 nitrogen and oxygen atoms in total. The molecule has 1 aromatic rings. The van der Waals surface area contributed by atoms with Gasteiger partial charge in [-0.05, 0) is 65.9 Å². The van der Waals surface area contributed by atoms with Crippen LogP contribution in [-0.2, 0) is 0 Å². The van der Waals surface area contributed by atoms with Crippen LogP contribution in [0.1, 0.15) is 64.9 Å². The highest BCUT2D eigenvalue weighted by molar-refractivity contribution is 5.56. The number of hydrogen-bond acceptors (Lipinski definition) is 2. The fourth-order valence-corrected chi connectivity index (χ4v) is 6.41. The van der Waals surface area contributed by atoms with Gasteiger partial charge in [0.25, 0.3) is 0 Å². The average Bonchev–Trinajstić information content (AvgIpc) is 3.38. The molecule has 4 rings (SSSR count). The minimum Gasteiger partial charge on any atom is -0.369 e. The first-order valence-electron chi connectivity index (χ1n) is 11.4. The van der Waals surface area contributed by atoms with Gasteiger partial charge in [0, 0.05) is 38.4 Å². The summed E-state index contributed by atoms with van der Waals surface area (Å²) in [6, 6.07) is 9.17. The third kappa shape index (κ3) is 4.56. The van der Waals surface area contributed by atoms with Gasteiger partial charge in [0.15, 0.2) is 0 Å². The van der Waals surface area contributed by atoms with Gasteiger partial charge < -0.3 is 4.90 Å². The maximum atomic E-state index is 12.8. The Labute approximate surface area is 171 Å². The van der Waals surface area contributed by atoms with E-state index in [4.69, 9.17) is 0 Å². The molecule has 2 atom stereocenters. The van der Waals surface area contributed by atoms with Crippen molar-refractivity contribution in [3.8, 4) is 0 Å². The second-order valence-electron chi connectivity index (χ2n) is 11.4. The summed E-state index contributed by atoms with van der Waals surface area (Å²) >= 11 is 0. The normalized spacial score (nSPS) is 30.4. The Morgan fingerprint density at radius 2 is 1.57 bits per heavy atom. The van der Waals surface area contributed by atoms with E-state index in [1.54, 1.807) is 5.56 Å². The number of piperazine rings is 1. The SMILES string of the molecule is CC1(C)CC(c2ccccc2N2CCN(CC3CC3CF)CC2)CC(C)(C)C1. The van der Waals surface area contributed by atoms with E-state index in [9.17, 15) is 4.39 Å². The third-order valence-corrected chi connectivity index (χ3v) is 7.40. The summed E-state index contributed by atoms with van der Waals surface area (Å²) in [5, 5.41) is 0. The molecule has 3 aliphatic rings. The number of anilines is 1. The van der Waals surface area contributed by atoms with E-state index in [-0.39, 0.29) is 6.67 Å². The van der Waals surface area contributed by atoms with Gasteiger partial charge in [0.1, 0.15) is 0 Å². The largest absolute Gasteiger partial charge is 0.369 e. The summed E-state index contributed by atoms with van der Waals surface area (Å²) < 4.78 is 12.8. The average molecular weight is 387 g/mol. The molecule has 0 amide bonds. The third-order valence-electron chi connectivity index (χ3n) is 7.40. The molecule has 0 bridgehead atoms. The zero-order chi connectivity index (χ0) is 19.9. The van der Waals surface area contributed by atoms with Gasteiger partial charge in [0.05, 0.1) is 6.67 Å². The zero-order valence-corrected chi connectivity index (χ0v) is 18.4. The first kappa shape index (κ1) is 20.2. The van der Waals surface area contributed by atoms with Crippen molar-refractivity contribution in [2.24, 2.45) is 22.7 Å². The number of alkyl halides is 1. The fraction of sp³-hybridized carbons (Fsp3) is 0.760. The molecular formula is C25H39FN2. The molecule has 156 valence electrons. The molecule has 1 aliphatic heterocycles. The molecule has 3 fully saturated rings. The molecular weight excluding hydrogens is 347 g/mol. The number of para-hydroxylation sites is 1. The van der Waals surface area contributed by atoms with E-state index >= 15 is 0 Å². The van der Waals surface area contributed by atoms with Crippen LogP contribution in [0.2, 0.25) is 0 Å². The highest BCUT2D eigenvalue weighted by Crippen LogP contribution is 2.53. The Morgan fingerprint density at radius 3 is 2.18 bits per heavy atom. The predicted molar refractivity (Wildman–Crippen MR) is 117 cm³/mol. The van der Waals surface area contributed by atoms with Crippen LogP contribution in [0.3, 0.4) is 0 Å². The molecule has 0 radical (unpaired) electrons. The van der Waals surface area contributed by atoms with Gasteiger partial charge in [-0.15, -0.1) is 0 Å². The van der Waals surface area contributed by atoms with E-state index in [1.165, 1.54) is 24.9 Å². The summed E-state index contributed by atoms with van der Waals surface area (Å²) in [6.07, 6.45) is 5.00. The molecule has 2 unspecified atom stereocenters. The van der Waals surface area contributed by atoms with Gasteiger partial charge in [-0.2, -0.15) is 0 Å². The van der Waals surface area contributed by atoms with Crippen LogP contribution in [0.4, 0.5) is 10.1 Å². The first-order valence-corrected chi connectivity index (χ1v) is 11.4. The van der Waals surface area contributed by atoms with Crippen LogP contribution in [0.15, 0.2) is 24.3 Å². The predicted octanol–water partition coefficient (Wildman–Crippen LogP) is 5.73. The molecule has 2 aliphatic carbocycles. The van der Waals surface area contributed by atoms with Crippen LogP contribution >= 0.6 is 0 Å². The number of hydrogen-bond donors (Lipinski definition) is 0. The summed E-state index contributed by atoms with van der Waals surface area (Å²) in [4.78, 5) is 5.17. The van der Waals surface area contributed by atoms with Crippen LogP contribution in [0, 0.1) is 22.7 Å². The molecule has 2 saturated carbocycles. The van der Waals surface area contributed by atoms with Gasteiger partial charge >= 0.3 is 0 Å². The molecule has 1 saturated heterocycles. The second-order valence-corrected chi connectivity index (χ2v) is 11.4. The summed E-state index contributed by atoms with van der Waals surface area (Å²) in [6.45, 7) is 15.2. The lowest BCUT2D eigenvalue weighted by molar-refractivity contribution is 0.0970. The van der Waals surface area contributed by atoms with Crippen molar-refractivity contribution >= 4 is 5.69 Å². The highest BCUT2D eigenvalue weighted by atomic mass is 19.1. The van der Waals surface area contributed by atoms with Crippen LogP contribution in [0.5, 0.6) is 0 Å². The zero-order valence-electron chi connectivity index (χ0n) is 18.4. The maximum absolute atomic E-state index is 12.8. The standard InChI is InChI=1S/C25H39FN2/c1-24(2)14-21(15-25(3,4)18-24)22-7-5-6-8-23(22)28-11-9-27(10-12-28)17-20-13-19(20)16-26/h5-8,19-21H,9-18H2,1-4H3. The van der Waals surface area contributed by atoms with Crippen molar-refractivity contribution in [3.05, 3.63) is 29.8 Å². The number of rotatable bonds is 5. The van der Waals surface area contributed by atoms with Gasteiger partial charge in [-0.1, -0.05) is 45.9 Å². The van der Waals surface area contributed by atoms with Crippen LogP contribution < -0.4 is 4.90 Å². The van der Waals surface area contributed by atoms with Crippen molar-refractivity contribution in [2.75, 3.05) is 44.3 Å². The van der Waals surface area contributed by atoms with E-state index in [0.29, 0.717) is 28.6 Å². The Bertz CT molecular complexity index is 659. The highest BCUT2D eigenvalue weighted by Gasteiger charge is 2.40. The molecule has 0 N–H and O–H groups in total. The fourth-order valence-electron chi connectivity index (χ4n) is 6.41. The minimum atomic E-state index is -0.119. The van der Waals surface area contributed by atoms with Crippen molar-refractivity contribution in [1.82, 2.24) is 4.90 Å². The van der Waals surface area contributed by atoms with Crippen LogP contribution in [0.25, 0.3) is 0 Å². The summed E-state index contributed by atoms with van der Waals surface area (Å²) in [7, 11) is 0. The van der Waals surface area contributed by atoms with E-state index in [0.717, 1.165) is 39.1 Å². The smallest absolute Gasteiger partial charge is 0.0925 e. The van der Waals surface area contributed by atoms with Crippen LogP contribution in [-0.4, -0.2) is 44.3 Å². The summed E-state index contributed by atoms with van der Waals surface area (Å²) in [5.74, 6) is 1.64. The maximum Gasteiger partial charge on any atom is 0.0925 e. The minimum absolute atomic E-state index is 0.119. The number of benzene rings is 1. The van der Waals surface area contributed by atoms with Crippen molar-refractivity contribution in [2.45, 2.75) is 59.3 Å². The molecule has 1 aromatic carbocycles. The van der Waals surface area contributed by atoms with Gasteiger partial charge in [0.2, 0.25) is 0 Å². The van der Waals surface area contributed by atoms with Crippen molar-refractivity contribution in [1.29, 1.82) is 0 Å². The van der Waals surface area contributed by atoms with Gasteiger partial charge in [-0.3, -0.25) is 9.29 Å². The molecule has 28 heavy (non-hydrogen) atoms. The second kappa shape index (κ2) is 7.63. The quantitative estimate of drug-likeness (QED) is 0.637. The van der Waals surface area contributed by atoms with Gasteiger partial charge in [-0.25, -0.2) is 0 Å². The molecule has 1 heterocycles. The van der Waals surface area contributed by atoms with Crippen molar-refractivity contribution < 1.29 is 4.39 Å². The Balaban J connectivity index is 1.44. The van der Waals surface area contributed by atoms with Crippen molar-refractivity contribution in [3.63, 3.8) is 0 Å². The Kier molecular flexibility index (Phi) is 5.50. The lowest BCUT2D eigenvalue weighted by Gasteiger charge is -2.46. The number of halogens is 1. The van der Waals surface area contributed by atoms with E-state index in [2.05, 4.69) is 61.8 Å². The monoisotopic (exact) mass is 386 g/mol. The molecule has 0 aromatic heterocycles. The number of nitrogens with zero attached hydrogens (tertiary/aromatic N) is 2. The Morgan fingerprint density at radius 1 is 0.929 bits per heavy atom. The van der Waals surface area contributed by atoms with E-state index < -0.39 is 0 Å². The first-order chi connectivity index (χ1) is 13.3. The topological polar surface area (TPSA) is 6.48 Å². The lowest BCUT2D eigenvalue weighted by atomic mass is 9.60. The molecule has 3 heteroatoms.